The fourth-order valence-corrected chi connectivity index (χ4v) is 2.36. The van der Waals surface area contributed by atoms with Crippen LogP contribution >= 0.6 is 24.8 Å². The number of alkyl halides is 3. The van der Waals surface area contributed by atoms with Gasteiger partial charge in [-0.3, -0.25) is 4.90 Å². The molecule has 23 heavy (non-hydrogen) atoms. The Labute approximate surface area is 144 Å². The second kappa shape index (κ2) is 9.32. The van der Waals surface area contributed by atoms with Crippen LogP contribution in [0, 0.1) is 5.82 Å². The van der Waals surface area contributed by atoms with Crippen LogP contribution in [0.25, 0.3) is 0 Å². The van der Waals surface area contributed by atoms with Crippen LogP contribution in [0.2, 0.25) is 0 Å². The van der Waals surface area contributed by atoms with Crippen LogP contribution in [0.15, 0.2) is 30.9 Å². The molecule has 3 nitrogen and oxygen atoms in total. The number of ether oxygens (including phenoxy) is 1. The van der Waals surface area contributed by atoms with Gasteiger partial charge in [0.1, 0.15) is 0 Å². The highest BCUT2D eigenvalue weighted by Gasteiger charge is 2.32. The second-order valence-corrected chi connectivity index (χ2v) is 4.70. The quantitative estimate of drug-likeness (QED) is 0.640. The fourth-order valence-electron chi connectivity index (χ4n) is 2.36. The molecule has 1 fully saturated rings. The highest BCUT2D eigenvalue weighted by Crippen LogP contribution is 2.30. The third-order valence-corrected chi connectivity index (χ3v) is 3.29. The van der Waals surface area contributed by atoms with E-state index in [-0.39, 0.29) is 30.9 Å². The van der Waals surface area contributed by atoms with Gasteiger partial charge >= 0.3 is 6.36 Å². The van der Waals surface area contributed by atoms with Crippen molar-refractivity contribution < 1.29 is 22.3 Å². The number of nitrogens with one attached hydrogen (secondary N) is 1. The Morgan fingerprint density at radius 2 is 1.83 bits per heavy atom. The van der Waals surface area contributed by atoms with Gasteiger partial charge in [-0.2, -0.15) is 0 Å². The Bertz CT molecular complexity index is 508. The summed E-state index contributed by atoms with van der Waals surface area (Å²) in [5, 5.41) is 3.20. The van der Waals surface area contributed by atoms with Crippen LogP contribution in [-0.4, -0.2) is 37.4 Å². The molecule has 0 amide bonds. The molecule has 1 N–H and O–H groups in total. The van der Waals surface area contributed by atoms with Crippen molar-refractivity contribution >= 4 is 24.8 Å². The summed E-state index contributed by atoms with van der Waals surface area (Å²) in [4.78, 5) is 2.09. The van der Waals surface area contributed by atoms with Gasteiger partial charge in [-0.25, -0.2) is 4.39 Å². The van der Waals surface area contributed by atoms with E-state index in [4.69, 9.17) is 0 Å². The second-order valence-electron chi connectivity index (χ2n) is 4.70. The minimum atomic E-state index is -4.90. The number of hydrogen-bond donors (Lipinski definition) is 1. The molecule has 9 heteroatoms. The first kappa shape index (κ1) is 22.0. The van der Waals surface area contributed by atoms with E-state index in [2.05, 4.69) is 21.5 Å². The normalized spacial score (nSPS) is 16.7. The molecule has 1 aromatic carbocycles. The molecule has 1 atom stereocenters. The summed E-state index contributed by atoms with van der Waals surface area (Å²) in [6, 6.07) is 3.26. The topological polar surface area (TPSA) is 24.5 Å². The number of piperazine rings is 1. The lowest BCUT2D eigenvalue weighted by Gasteiger charge is -2.33. The van der Waals surface area contributed by atoms with Gasteiger partial charge in [0.15, 0.2) is 11.6 Å². The molecule has 0 spiro atoms. The van der Waals surface area contributed by atoms with E-state index in [1.807, 2.05) is 0 Å². The Hall–Kier alpha value is -1.02. The Kier molecular flexibility index (Phi) is 8.90. The first-order valence-electron chi connectivity index (χ1n) is 6.53. The largest absolute Gasteiger partial charge is 0.573 e. The summed E-state index contributed by atoms with van der Waals surface area (Å²) in [7, 11) is 0. The maximum absolute atomic E-state index is 13.8. The number of rotatable bonds is 4. The Morgan fingerprint density at radius 3 is 2.30 bits per heavy atom. The van der Waals surface area contributed by atoms with Crippen molar-refractivity contribution in [1.82, 2.24) is 10.2 Å². The van der Waals surface area contributed by atoms with Crippen molar-refractivity contribution in [2.75, 3.05) is 26.2 Å². The zero-order valence-corrected chi connectivity index (χ0v) is 13.7. The van der Waals surface area contributed by atoms with Crippen molar-refractivity contribution in [3.63, 3.8) is 0 Å². The van der Waals surface area contributed by atoms with Gasteiger partial charge in [0.05, 0.1) is 6.04 Å². The summed E-state index contributed by atoms with van der Waals surface area (Å²) in [6.45, 7) is 6.87. The average Bonchev–Trinajstić information content (AvgIpc) is 2.42. The van der Waals surface area contributed by atoms with E-state index < -0.39 is 17.9 Å². The maximum Gasteiger partial charge on any atom is 0.573 e. The monoisotopic (exact) mass is 376 g/mol. The number of hydrogen-bond acceptors (Lipinski definition) is 3. The summed E-state index contributed by atoms with van der Waals surface area (Å²) < 4.78 is 53.7. The molecular weight excluding hydrogens is 359 g/mol. The van der Waals surface area contributed by atoms with Crippen LogP contribution in [0.3, 0.4) is 0 Å². The van der Waals surface area contributed by atoms with Crippen LogP contribution in [0.4, 0.5) is 17.6 Å². The Morgan fingerprint density at radius 1 is 1.22 bits per heavy atom. The van der Waals surface area contributed by atoms with Crippen LogP contribution in [0.5, 0.6) is 5.75 Å². The SMILES string of the molecule is C=C[C@H](c1ccc(OC(F)(F)F)c(F)c1)N1CCNCC1.Cl.Cl. The zero-order valence-electron chi connectivity index (χ0n) is 12.1. The molecule has 0 saturated carbocycles. The minimum absolute atomic E-state index is 0. The third-order valence-electron chi connectivity index (χ3n) is 3.29. The zero-order chi connectivity index (χ0) is 15.5. The number of halogens is 6. The minimum Gasteiger partial charge on any atom is -0.403 e. The fraction of sp³-hybridized carbons (Fsp3) is 0.429. The predicted octanol–water partition coefficient (Wildman–Crippen LogP) is 3.70. The first-order chi connectivity index (χ1) is 9.90. The lowest BCUT2D eigenvalue weighted by molar-refractivity contribution is -0.275. The van der Waals surface area contributed by atoms with Crippen LogP contribution in [-0.2, 0) is 0 Å². The molecule has 0 bridgehead atoms. The molecule has 1 aromatic rings. The van der Waals surface area contributed by atoms with Gasteiger partial charge in [-0.1, -0.05) is 12.1 Å². The van der Waals surface area contributed by atoms with Crippen molar-refractivity contribution in [3.8, 4) is 5.75 Å². The molecule has 1 aliphatic heterocycles. The molecule has 0 radical (unpaired) electrons. The summed E-state index contributed by atoms with van der Waals surface area (Å²) in [5.74, 6) is -1.86. The van der Waals surface area contributed by atoms with Gasteiger partial charge in [-0.05, 0) is 17.7 Å². The lowest BCUT2D eigenvalue weighted by atomic mass is 10.0. The smallest absolute Gasteiger partial charge is 0.403 e. The van der Waals surface area contributed by atoms with E-state index in [9.17, 15) is 17.6 Å². The van der Waals surface area contributed by atoms with Crippen LogP contribution < -0.4 is 10.1 Å². The average molecular weight is 377 g/mol. The summed E-state index contributed by atoms with van der Waals surface area (Å²) in [5.41, 5.74) is 0.555. The maximum atomic E-state index is 13.8. The van der Waals surface area contributed by atoms with E-state index in [0.717, 1.165) is 38.3 Å². The van der Waals surface area contributed by atoms with E-state index in [1.165, 1.54) is 6.07 Å². The number of benzene rings is 1. The molecule has 0 aromatic heterocycles. The predicted molar refractivity (Wildman–Crippen MR) is 85.0 cm³/mol. The third kappa shape index (κ3) is 6.18. The van der Waals surface area contributed by atoms with E-state index >= 15 is 0 Å². The standard InChI is InChI=1S/C14H16F4N2O.2ClH/c1-2-12(20-7-5-19-6-8-20)10-3-4-13(11(15)9-10)21-14(16,17)18;;/h2-4,9,12,19H,1,5-8H2;2*1H/t12-;;/m1../s1. The van der Waals surface area contributed by atoms with Gasteiger partial charge < -0.3 is 10.1 Å². The van der Waals surface area contributed by atoms with Gasteiger partial charge in [0.2, 0.25) is 0 Å². The van der Waals surface area contributed by atoms with E-state index in [1.54, 1.807) is 6.08 Å². The highest BCUT2D eigenvalue weighted by molar-refractivity contribution is 5.85. The van der Waals surface area contributed by atoms with Gasteiger partial charge in [0.25, 0.3) is 0 Å². The molecule has 0 aliphatic carbocycles. The lowest BCUT2D eigenvalue weighted by Crippen LogP contribution is -2.44. The molecule has 1 saturated heterocycles. The Balaban J connectivity index is 0.00000242. The molecule has 1 heterocycles. The molecule has 132 valence electrons. The summed E-state index contributed by atoms with van der Waals surface area (Å²) in [6.07, 6.45) is -3.25. The molecule has 0 unspecified atom stereocenters. The molecule has 2 rings (SSSR count). The summed E-state index contributed by atoms with van der Waals surface area (Å²) >= 11 is 0. The molecular formula is C14H18Cl2F4N2O. The van der Waals surface area contributed by atoms with Gasteiger partial charge in [0, 0.05) is 26.2 Å². The van der Waals surface area contributed by atoms with Crippen molar-refractivity contribution in [2.45, 2.75) is 12.4 Å². The van der Waals surface area contributed by atoms with E-state index in [0.29, 0.717) is 5.56 Å². The van der Waals surface area contributed by atoms with Crippen molar-refractivity contribution in [1.29, 1.82) is 0 Å². The number of nitrogens with zero attached hydrogens (tertiary/aromatic N) is 1. The first-order valence-corrected chi connectivity index (χ1v) is 6.53. The van der Waals surface area contributed by atoms with Gasteiger partial charge in [-0.15, -0.1) is 44.6 Å². The highest BCUT2D eigenvalue weighted by atomic mass is 35.5. The van der Waals surface area contributed by atoms with Crippen molar-refractivity contribution in [2.24, 2.45) is 0 Å². The molecule has 1 aliphatic rings. The van der Waals surface area contributed by atoms with Crippen LogP contribution in [0.1, 0.15) is 11.6 Å². The van der Waals surface area contributed by atoms with Crippen molar-refractivity contribution in [3.05, 3.63) is 42.2 Å².